The van der Waals surface area contributed by atoms with E-state index in [1.807, 2.05) is 43.3 Å². The van der Waals surface area contributed by atoms with Crippen molar-refractivity contribution < 1.29 is 27.7 Å². The fraction of sp³-hybridized carbons (Fsp3) is 0.289. The first-order valence-electron chi connectivity index (χ1n) is 18.1. The van der Waals surface area contributed by atoms with Crippen molar-refractivity contribution in [2.45, 2.75) is 58.2 Å². The normalized spacial score (nSPS) is 24.7. The van der Waals surface area contributed by atoms with E-state index >= 15 is 0 Å². The molecule has 0 aliphatic heterocycles. The Labute approximate surface area is 303 Å². The summed E-state index contributed by atoms with van der Waals surface area (Å²) in [5.74, 6) is 3.20. The second kappa shape index (κ2) is 18.1. The zero-order valence-corrected chi connectivity index (χ0v) is 32.5. The minimum absolute atomic E-state index is 0.0860. The van der Waals surface area contributed by atoms with E-state index < -0.39 is 23.2 Å². The molecule has 0 bridgehead atoms. The summed E-state index contributed by atoms with van der Waals surface area (Å²) in [5.41, 5.74) is 9.24. The van der Waals surface area contributed by atoms with Gasteiger partial charge in [-0.2, -0.15) is 0 Å². The molecule has 0 fully saturated rings. The minimum Gasteiger partial charge on any atom is -0.425 e. The molecule has 3 heteroatoms. The van der Waals surface area contributed by atoms with Crippen LogP contribution in [-0.4, -0.2) is 16.4 Å². The van der Waals surface area contributed by atoms with Crippen molar-refractivity contribution in [3.05, 3.63) is 179 Å². The van der Waals surface area contributed by atoms with Crippen molar-refractivity contribution in [3.63, 3.8) is 0 Å². The monoisotopic (exact) mass is 724 g/mol. The summed E-state index contributed by atoms with van der Waals surface area (Å²) in [5, 5.41) is 0. The van der Waals surface area contributed by atoms with Crippen LogP contribution in [-0.2, 0) is 27.7 Å². The summed E-state index contributed by atoms with van der Waals surface area (Å²) in [6.45, 7) is 5.06. The molecule has 6 atom stereocenters. The molecule has 244 valence electrons. The van der Waals surface area contributed by atoms with E-state index in [2.05, 4.69) is 128 Å². The average Bonchev–Trinajstić information content (AvgIpc) is 3.65. The third kappa shape index (κ3) is 8.54. The molecule has 48 heavy (non-hydrogen) atoms. The Bertz CT molecular complexity index is 1570. The van der Waals surface area contributed by atoms with E-state index in [-0.39, 0.29) is 9.76 Å². The molecule has 0 aromatic heterocycles. The van der Waals surface area contributed by atoms with Crippen LogP contribution < -0.4 is 0 Å². The van der Waals surface area contributed by atoms with Gasteiger partial charge in [0, 0.05) is 6.61 Å². The van der Waals surface area contributed by atoms with Gasteiger partial charge in [-0.3, -0.25) is 0 Å². The SMILES string of the molecule is C(C=Cc1ccccc1)=Cc1ccccc1.C1=CC2c3ccccc3[CH]([Zr][CH]3c4ccccc4C4C=CCCC43)C2CC1.CCO[SiH2]C. The number of allylic oxidation sites excluding steroid dienone is 6. The molecule has 4 aromatic carbocycles. The van der Waals surface area contributed by atoms with E-state index in [1.54, 1.807) is 22.3 Å². The number of benzene rings is 4. The molecule has 4 aliphatic carbocycles. The Hall–Kier alpha value is -3.10. The van der Waals surface area contributed by atoms with E-state index in [4.69, 9.17) is 4.43 Å². The van der Waals surface area contributed by atoms with Gasteiger partial charge in [0.2, 0.25) is 0 Å². The second-order valence-corrected chi connectivity index (χ2v) is 18.0. The van der Waals surface area contributed by atoms with Crippen LogP contribution >= 0.6 is 0 Å². The molecule has 6 unspecified atom stereocenters. The second-order valence-electron chi connectivity index (χ2n) is 13.1. The summed E-state index contributed by atoms with van der Waals surface area (Å²) < 4.78 is 6.78. The number of fused-ring (bicyclic) bond motifs is 6. The quantitative estimate of drug-likeness (QED) is 0.105. The van der Waals surface area contributed by atoms with Gasteiger partial charge in [0.15, 0.2) is 9.76 Å². The van der Waals surface area contributed by atoms with Crippen LogP contribution in [0.15, 0.2) is 146 Å². The van der Waals surface area contributed by atoms with Gasteiger partial charge in [0.25, 0.3) is 0 Å². The molecule has 1 nitrogen and oxygen atoms in total. The van der Waals surface area contributed by atoms with Crippen LogP contribution in [0.25, 0.3) is 12.2 Å². The number of rotatable bonds is 7. The van der Waals surface area contributed by atoms with E-state index in [1.165, 1.54) is 36.8 Å². The van der Waals surface area contributed by atoms with Crippen molar-refractivity contribution in [2.75, 3.05) is 6.61 Å². The summed E-state index contributed by atoms with van der Waals surface area (Å²) in [7, 11) is -0.0860. The predicted octanol–water partition coefficient (Wildman–Crippen LogP) is 11.2. The molecule has 0 heterocycles. The largest absolute Gasteiger partial charge is 0.425 e. The molecule has 0 saturated heterocycles. The van der Waals surface area contributed by atoms with Crippen molar-refractivity contribution >= 4 is 21.9 Å². The van der Waals surface area contributed by atoms with Gasteiger partial charge >= 0.3 is 175 Å². The first kappa shape index (κ1) is 34.8. The first-order valence-corrected chi connectivity index (χ1v) is 22.9. The van der Waals surface area contributed by atoms with Gasteiger partial charge < -0.3 is 4.43 Å². The molecule has 4 aromatic rings. The van der Waals surface area contributed by atoms with Crippen molar-refractivity contribution in [1.29, 1.82) is 0 Å². The van der Waals surface area contributed by atoms with Crippen molar-refractivity contribution in [1.82, 2.24) is 0 Å². The van der Waals surface area contributed by atoms with Gasteiger partial charge in [0.1, 0.15) is 0 Å². The number of hydrogen-bond donors (Lipinski definition) is 0. The smallest absolute Gasteiger partial charge is 0.158 e. The molecular weight excluding hydrogens is 676 g/mol. The third-order valence-corrected chi connectivity index (χ3v) is 16.5. The molecule has 0 N–H and O–H groups in total. The maximum atomic E-state index is 4.97. The standard InChI is InChI=1S/C16H14.2C13H13.C3H10OSi.Zr/c1-3-9-15(10-4-1)13-7-8-14-16-11-5-2-6-12-16;2*1-3-7-12-10(5-1)9-11-6-2-4-8-13(11)12;1-3-4-5-2;/h1-14H;2*1,3-5,7-9,11,13H,2,6H2;3,5H2,1-2H3;. The Morgan fingerprint density at radius 2 is 1.02 bits per heavy atom. The topological polar surface area (TPSA) is 9.23 Å². The fourth-order valence-electron chi connectivity index (χ4n) is 8.07. The van der Waals surface area contributed by atoms with Crippen molar-refractivity contribution in [2.24, 2.45) is 11.8 Å². The average molecular weight is 726 g/mol. The third-order valence-electron chi connectivity index (χ3n) is 10.2. The summed E-state index contributed by atoms with van der Waals surface area (Å²) in [6, 6.07) is 39.5. The zero-order valence-electron chi connectivity index (χ0n) is 28.6. The summed E-state index contributed by atoms with van der Waals surface area (Å²) in [4.78, 5) is 0. The van der Waals surface area contributed by atoms with Crippen LogP contribution in [0.4, 0.5) is 0 Å². The predicted molar refractivity (Wildman–Crippen MR) is 205 cm³/mol. The molecule has 8 rings (SSSR count). The van der Waals surface area contributed by atoms with Crippen LogP contribution in [0.3, 0.4) is 0 Å². The Kier molecular flexibility index (Phi) is 13.1. The Morgan fingerprint density at radius 3 is 1.42 bits per heavy atom. The Balaban J connectivity index is 0.000000163. The van der Waals surface area contributed by atoms with E-state index in [0.717, 1.165) is 25.7 Å². The molecule has 0 saturated carbocycles. The van der Waals surface area contributed by atoms with Crippen molar-refractivity contribution in [3.8, 4) is 0 Å². The van der Waals surface area contributed by atoms with Gasteiger partial charge in [-0.25, -0.2) is 0 Å². The van der Waals surface area contributed by atoms with Gasteiger partial charge in [-0.05, 0) is 18.1 Å². The Morgan fingerprint density at radius 1 is 0.604 bits per heavy atom. The molecule has 4 aliphatic rings. The fourth-order valence-corrected chi connectivity index (χ4v) is 14.7. The van der Waals surface area contributed by atoms with Crippen LogP contribution in [0.5, 0.6) is 0 Å². The summed E-state index contributed by atoms with van der Waals surface area (Å²) in [6.07, 6.45) is 23.7. The van der Waals surface area contributed by atoms with E-state index in [0.29, 0.717) is 11.8 Å². The first-order chi connectivity index (χ1) is 23.8. The molecule has 0 spiro atoms. The molecule has 0 radical (unpaired) electrons. The zero-order chi connectivity index (χ0) is 33.0. The van der Waals surface area contributed by atoms with Gasteiger partial charge in [0.05, 0.1) is 0 Å². The maximum Gasteiger partial charge on any atom is 0.158 e. The molecular formula is C45H50OSiZr. The van der Waals surface area contributed by atoms with Gasteiger partial charge in [-0.1, -0.05) is 91.5 Å². The molecule has 0 amide bonds. The summed E-state index contributed by atoms with van der Waals surface area (Å²) >= 11 is -0.610. The van der Waals surface area contributed by atoms with Crippen LogP contribution in [0, 0.1) is 11.8 Å². The number of hydrogen-bond acceptors (Lipinski definition) is 1. The van der Waals surface area contributed by atoms with E-state index in [9.17, 15) is 0 Å². The van der Waals surface area contributed by atoms with Gasteiger partial charge in [-0.15, -0.1) is 0 Å². The minimum atomic E-state index is -0.610. The van der Waals surface area contributed by atoms with Crippen LogP contribution in [0.2, 0.25) is 6.55 Å². The van der Waals surface area contributed by atoms with Crippen LogP contribution in [0.1, 0.15) is 85.1 Å². The maximum absolute atomic E-state index is 4.97.